The number of hydrogen-bond acceptors (Lipinski definition) is 4. The molecule has 1 aromatic rings. The molecule has 1 aromatic heterocycles. The van der Waals surface area contributed by atoms with Crippen molar-refractivity contribution >= 4 is 23.0 Å². The fourth-order valence-electron chi connectivity index (χ4n) is 1.67. The summed E-state index contributed by atoms with van der Waals surface area (Å²) in [5.41, 5.74) is 4.43. The molecule has 0 aromatic carbocycles. The second-order valence-corrected chi connectivity index (χ2v) is 4.29. The van der Waals surface area contributed by atoms with Crippen LogP contribution in [0.4, 0.5) is 0 Å². The first-order chi connectivity index (χ1) is 8.27. The van der Waals surface area contributed by atoms with Crippen molar-refractivity contribution in [3.05, 3.63) is 24.3 Å². The fraction of sp³-hybridized carbons (Fsp3) is 0.455. The SMILES string of the molecule is C/C(=N\NC(=S)N1CCCC1)c1cnccn1. The zero-order chi connectivity index (χ0) is 12.1. The Morgan fingerprint density at radius 3 is 2.82 bits per heavy atom. The zero-order valence-electron chi connectivity index (χ0n) is 9.76. The molecule has 0 atom stereocenters. The van der Waals surface area contributed by atoms with Crippen LogP contribution in [0.2, 0.25) is 0 Å². The molecular weight excluding hydrogens is 234 g/mol. The third-order valence-corrected chi connectivity index (χ3v) is 3.00. The van der Waals surface area contributed by atoms with Gasteiger partial charge in [0.1, 0.15) is 5.69 Å². The molecule has 1 aliphatic rings. The van der Waals surface area contributed by atoms with E-state index in [9.17, 15) is 0 Å². The molecule has 0 unspecified atom stereocenters. The van der Waals surface area contributed by atoms with Crippen LogP contribution in [0.5, 0.6) is 0 Å². The summed E-state index contributed by atoms with van der Waals surface area (Å²) in [4.78, 5) is 10.3. The molecule has 0 bridgehead atoms. The molecule has 0 spiro atoms. The molecule has 17 heavy (non-hydrogen) atoms. The van der Waals surface area contributed by atoms with Crippen LogP contribution in [0.3, 0.4) is 0 Å². The van der Waals surface area contributed by atoms with Gasteiger partial charge in [-0.15, -0.1) is 0 Å². The highest BCUT2D eigenvalue weighted by Crippen LogP contribution is 2.07. The lowest BCUT2D eigenvalue weighted by atomic mass is 10.3. The van der Waals surface area contributed by atoms with Gasteiger partial charge in [0, 0.05) is 25.5 Å². The van der Waals surface area contributed by atoms with Gasteiger partial charge >= 0.3 is 0 Å². The summed E-state index contributed by atoms with van der Waals surface area (Å²) in [6.07, 6.45) is 7.37. The van der Waals surface area contributed by atoms with Crippen LogP contribution < -0.4 is 5.43 Å². The number of nitrogens with zero attached hydrogens (tertiary/aromatic N) is 4. The Hall–Kier alpha value is -1.56. The highest BCUT2D eigenvalue weighted by Gasteiger charge is 2.13. The monoisotopic (exact) mass is 249 g/mol. The number of thiocarbonyl (C=S) groups is 1. The van der Waals surface area contributed by atoms with Crippen molar-refractivity contribution in [3.8, 4) is 0 Å². The van der Waals surface area contributed by atoms with E-state index >= 15 is 0 Å². The van der Waals surface area contributed by atoms with Gasteiger partial charge in [-0.1, -0.05) is 0 Å². The predicted octanol–water partition coefficient (Wildman–Crippen LogP) is 1.17. The van der Waals surface area contributed by atoms with Crippen molar-refractivity contribution in [1.82, 2.24) is 20.3 Å². The van der Waals surface area contributed by atoms with Crippen molar-refractivity contribution in [2.45, 2.75) is 19.8 Å². The Morgan fingerprint density at radius 2 is 2.18 bits per heavy atom. The third kappa shape index (κ3) is 3.20. The summed E-state index contributed by atoms with van der Waals surface area (Å²) in [6, 6.07) is 0. The fourth-order valence-corrected chi connectivity index (χ4v) is 1.89. The largest absolute Gasteiger partial charge is 0.348 e. The van der Waals surface area contributed by atoms with Gasteiger partial charge in [0.05, 0.1) is 11.9 Å². The third-order valence-electron chi connectivity index (χ3n) is 2.65. The van der Waals surface area contributed by atoms with Crippen LogP contribution in [0.15, 0.2) is 23.7 Å². The highest BCUT2D eigenvalue weighted by molar-refractivity contribution is 7.80. The van der Waals surface area contributed by atoms with Crippen LogP contribution in [0.1, 0.15) is 25.5 Å². The van der Waals surface area contributed by atoms with Crippen LogP contribution in [0, 0.1) is 0 Å². The molecule has 5 nitrogen and oxygen atoms in total. The van der Waals surface area contributed by atoms with Crippen molar-refractivity contribution < 1.29 is 0 Å². The van der Waals surface area contributed by atoms with Crippen molar-refractivity contribution in [1.29, 1.82) is 0 Å². The lowest BCUT2D eigenvalue weighted by molar-refractivity contribution is 0.509. The molecule has 1 N–H and O–H groups in total. The van der Waals surface area contributed by atoms with Crippen LogP contribution in [0.25, 0.3) is 0 Å². The summed E-state index contributed by atoms with van der Waals surface area (Å²) in [5, 5.41) is 4.91. The first kappa shape index (κ1) is 11.9. The molecule has 6 heteroatoms. The van der Waals surface area contributed by atoms with Gasteiger partial charge in [-0.3, -0.25) is 15.4 Å². The van der Waals surface area contributed by atoms with Crippen molar-refractivity contribution in [2.75, 3.05) is 13.1 Å². The van der Waals surface area contributed by atoms with Crippen LogP contribution in [-0.4, -0.2) is 38.8 Å². The number of likely N-dealkylation sites (tertiary alicyclic amines) is 1. The minimum Gasteiger partial charge on any atom is -0.348 e. The summed E-state index contributed by atoms with van der Waals surface area (Å²) >= 11 is 5.25. The van der Waals surface area contributed by atoms with E-state index in [1.807, 2.05) is 6.92 Å². The van der Waals surface area contributed by atoms with E-state index in [-0.39, 0.29) is 0 Å². The predicted molar refractivity (Wildman–Crippen MR) is 70.8 cm³/mol. The average Bonchev–Trinajstić information content (AvgIpc) is 2.90. The Kier molecular flexibility index (Phi) is 3.98. The van der Waals surface area contributed by atoms with Crippen molar-refractivity contribution in [3.63, 3.8) is 0 Å². The maximum Gasteiger partial charge on any atom is 0.189 e. The smallest absolute Gasteiger partial charge is 0.189 e. The second kappa shape index (κ2) is 5.67. The van der Waals surface area contributed by atoms with Gasteiger partial charge in [0.2, 0.25) is 0 Å². The standard InChI is InChI=1S/C11H15N5S/c1-9(10-8-12-4-5-13-10)14-15-11(17)16-6-2-3-7-16/h4-5,8H,2-3,6-7H2,1H3,(H,15,17)/b14-9+. The number of hydrazone groups is 1. The summed E-state index contributed by atoms with van der Waals surface area (Å²) in [5.74, 6) is 0. The van der Waals surface area contributed by atoms with Crippen molar-refractivity contribution in [2.24, 2.45) is 5.10 Å². The highest BCUT2D eigenvalue weighted by atomic mass is 32.1. The molecule has 1 saturated heterocycles. The molecule has 2 heterocycles. The van der Waals surface area contributed by atoms with E-state index in [1.165, 1.54) is 12.8 Å². The molecule has 0 saturated carbocycles. The molecule has 2 rings (SSSR count). The molecule has 0 amide bonds. The number of aromatic nitrogens is 2. The lowest BCUT2D eigenvalue weighted by Gasteiger charge is -2.17. The van der Waals surface area contributed by atoms with Gasteiger partial charge in [-0.25, -0.2) is 0 Å². The Balaban J connectivity index is 1.94. The summed E-state index contributed by atoms with van der Waals surface area (Å²) in [6.45, 7) is 3.92. The second-order valence-electron chi connectivity index (χ2n) is 3.90. The van der Waals surface area contributed by atoms with Gasteiger partial charge in [0.15, 0.2) is 5.11 Å². The number of nitrogens with one attached hydrogen (secondary N) is 1. The van der Waals surface area contributed by atoms with E-state index in [0.717, 1.165) is 24.5 Å². The quantitative estimate of drug-likeness (QED) is 0.484. The average molecular weight is 249 g/mol. The minimum absolute atomic E-state index is 0.686. The van der Waals surface area contributed by atoms with Gasteiger partial charge in [-0.05, 0) is 32.0 Å². The van der Waals surface area contributed by atoms with E-state index in [2.05, 4.69) is 25.4 Å². The summed E-state index contributed by atoms with van der Waals surface area (Å²) < 4.78 is 0. The Bertz CT molecular complexity index is 411. The van der Waals surface area contributed by atoms with Gasteiger partial charge in [0.25, 0.3) is 0 Å². The topological polar surface area (TPSA) is 53.4 Å². The normalized spacial score (nSPS) is 16.1. The van der Waals surface area contributed by atoms with Gasteiger partial charge in [-0.2, -0.15) is 5.10 Å². The van der Waals surface area contributed by atoms with Crippen LogP contribution in [-0.2, 0) is 0 Å². The minimum atomic E-state index is 0.686. The van der Waals surface area contributed by atoms with E-state index < -0.39 is 0 Å². The Labute approximate surface area is 106 Å². The molecule has 1 aliphatic heterocycles. The lowest BCUT2D eigenvalue weighted by Crippen LogP contribution is -2.35. The van der Waals surface area contributed by atoms with Gasteiger partial charge < -0.3 is 4.90 Å². The van der Waals surface area contributed by atoms with E-state index in [4.69, 9.17) is 12.2 Å². The molecule has 90 valence electrons. The number of rotatable bonds is 2. The van der Waals surface area contributed by atoms with E-state index in [0.29, 0.717) is 5.11 Å². The molecule has 1 fully saturated rings. The molecule has 0 aliphatic carbocycles. The first-order valence-corrected chi connectivity index (χ1v) is 6.04. The Morgan fingerprint density at radius 1 is 1.41 bits per heavy atom. The first-order valence-electron chi connectivity index (χ1n) is 5.63. The molecular formula is C11H15N5S. The maximum atomic E-state index is 5.25. The van der Waals surface area contributed by atoms with E-state index in [1.54, 1.807) is 18.6 Å². The number of hydrogen-bond donors (Lipinski definition) is 1. The molecule has 0 radical (unpaired) electrons. The maximum absolute atomic E-state index is 5.25. The zero-order valence-corrected chi connectivity index (χ0v) is 10.6. The van der Waals surface area contributed by atoms with Crippen LogP contribution >= 0.6 is 12.2 Å². The summed E-state index contributed by atoms with van der Waals surface area (Å²) in [7, 11) is 0.